The highest BCUT2D eigenvalue weighted by molar-refractivity contribution is 7.99. The van der Waals surface area contributed by atoms with Crippen LogP contribution in [0.25, 0.3) is 0 Å². The number of aliphatic carboxylic acids is 1. The molecule has 0 aromatic carbocycles. The molecule has 0 amide bonds. The van der Waals surface area contributed by atoms with Gasteiger partial charge in [0.1, 0.15) is 5.54 Å². The maximum Gasteiger partial charge on any atom is 0.324 e. The van der Waals surface area contributed by atoms with Crippen LogP contribution in [0.2, 0.25) is 0 Å². The van der Waals surface area contributed by atoms with Gasteiger partial charge in [-0.25, -0.2) is 0 Å². The smallest absolute Gasteiger partial charge is 0.324 e. The topological polar surface area (TPSA) is 49.3 Å². The zero-order valence-electron chi connectivity index (χ0n) is 6.88. The van der Waals surface area contributed by atoms with Gasteiger partial charge in [-0.05, 0) is 12.2 Å². The lowest BCUT2D eigenvalue weighted by Gasteiger charge is -2.23. The number of hydrogen-bond donors (Lipinski definition) is 2. The Balaban J connectivity index is 2.58. The van der Waals surface area contributed by atoms with Crippen LogP contribution >= 0.6 is 11.8 Å². The van der Waals surface area contributed by atoms with Gasteiger partial charge in [0.15, 0.2) is 0 Å². The van der Waals surface area contributed by atoms with Crippen LogP contribution in [-0.2, 0) is 4.79 Å². The van der Waals surface area contributed by atoms with Gasteiger partial charge in [-0.1, -0.05) is 6.08 Å². The molecule has 0 aromatic heterocycles. The van der Waals surface area contributed by atoms with E-state index in [2.05, 4.69) is 11.9 Å². The van der Waals surface area contributed by atoms with Crippen molar-refractivity contribution in [3.05, 3.63) is 12.7 Å². The summed E-state index contributed by atoms with van der Waals surface area (Å²) < 4.78 is 0. The fraction of sp³-hybridized carbons (Fsp3) is 0.625. The molecule has 0 spiro atoms. The summed E-state index contributed by atoms with van der Waals surface area (Å²) in [5.41, 5.74) is -0.696. The van der Waals surface area contributed by atoms with Crippen LogP contribution in [0, 0.1) is 0 Å². The molecule has 0 radical (unpaired) electrons. The Morgan fingerprint density at radius 3 is 3.00 bits per heavy atom. The minimum atomic E-state index is -0.741. The molecule has 2 N–H and O–H groups in total. The normalized spacial score (nSPS) is 28.7. The number of nitrogens with one attached hydrogen (secondary N) is 1. The summed E-state index contributed by atoms with van der Waals surface area (Å²) in [5, 5.41) is 12.0. The Bertz CT molecular complexity index is 187. The number of carboxylic acid groups (broad SMARTS) is 1. The maximum absolute atomic E-state index is 10.9. The largest absolute Gasteiger partial charge is 0.480 e. The van der Waals surface area contributed by atoms with E-state index in [-0.39, 0.29) is 0 Å². The number of rotatable bonds is 4. The second kappa shape index (κ2) is 3.96. The van der Waals surface area contributed by atoms with Crippen LogP contribution in [-0.4, -0.2) is 34.7 Å². The zero-order valence-corrected chi connectivity index (χ0v) is 7.69. The van der Waals surface area contributed by atoms with Gasteiger partial charge >= 0.3 is 5.97 Å². The standard InChI is InChI=1S/C8H13NO2S/c1-2-4-9-8(7(10)11)3-5-12-6-8/h2,9H,1,3-6H2,(H,10,11). The van der Waals surface area contributed by atoms with E-state index >= 15 is 0 Å². The van der Waals surface area contributed by atoms with Gasteiger partial charge in [-0.2, -0.15) is 11.8 Å². The summed E-state index contributed by atoms with van der Waals surface area (Å²) in [6.45, 7) is 4.11. The van der Waals surface area contributed by atoms with Crippen LogP contribution in [0.1, 0.15) is 6.42 Å². The second-order valence-electron chi connectivity index (χ2n) is 2.86. The second-order valence-corrected chi connectivity index (χ2v) is 3.96. The summed E-state index contributed by atoms with van der Waals surface area (Å²) in [7, 11) is 0. The van der Waals surface area contributed by atoms with E-state index in [9.17, 15) is 4.79 Å². The molecule has 1 aliphatic heterocycles. The minimum absolute atomic E-state index is 0.562. The van der Waals surface area contributed by atoms with Gasteiger partial charge in [0.05, 0.1) is 0 Å². The molecule has 0 aliphatic carbocycles. The van der Waals surface area contributed by atoms with Crippen molar-refractivity contribution >= 4 is 17.7 Å². The Hall–Kier alpha value is -0.480. The van der Waals surface area contributed by atoms with E-state index in [4.69, 9.17) is 5.11 Å². The lowest BCUT2D eigenvalue weighted by molar-refractivity contribution is -0.143. The van der Waals surface area contributed by atoms with Gasteiger partial charge in [0.25, 0.3) is 0 Å². The van der Waals surface area contributed by atoms with Crippen LogP contribution in [0.5, 0.6) is 0 Å². The average molecular weight is 187 g/mol. The first-order valence-corrected chi connectivity index (χ1v) is 5.04. The van der Waals surface area contributed by atoms with E-state index in [0.717, 1.165) is 5.75 Å². The number of thioether (sulfide) groups is 1. The Kier molecular flexibility index (Phi) is 3.17. The van der Waals surface area contributed by atoms with E-state index in [1.165, 1.54) is 0 Å². The monoisotopic (exact) mass is 187 g/mol. The fourth-order valence-corrected chi connectivity index (χ4v) is 2.57. The first kappa shape index (κ1) is 9.61. The number of carboxylic acids is 1. The van der Waals surface area contributed by atoms with Crippen LogP contribution in [0.3, 0.4) is 0 Å². The molecule has 1 atom stereocenters. The van der Waals surface area contributed by atoms with E-state index in [1.54, 1.807) is 17.8 Å². The van der Waals surface area contributed by atoms with Crippen molar-refractivity contribution in [2.75, 3.05) is 18.1 Å². The molecule has 12 heavy (non-hydrogen) atoms. The van der Waals surface area contributed by atoms with Crippen LogP contribution in [0.15, 0.2) is 12.7 Å². The molecular formula is C8H13NO2S. The molecule has 1 rings (SSSR count). The lowest BCUT2D eigenvalue weighted by Crippen LogP contribution is -2.52. The molecule has 1 heterocycles. The predicted molar refractivity (Wildman–Crippen MR) is 50.5 cm³/mol. The SMILES string of the molecule is C=CCNC1(C(=O)O)CCSC1. The minimum Gasteiger partial charge on any atom is -0.480 e. The van der Waals surface area contributed by atoms with Gasteiger partial charge in [-0.15, -0.1) is 6.58 Å². The highest BCUT2D eigenvalue weighted by Gasteiger charge is 2.40. The van der Waals surface area contributed by atoms with Crippen molar-refractivity contribution in [2.45, 2.75) is 12.0 Å². The number of hydrogen-bond acceptors (Lipinski definition) is 3. The predicted octanol–water partition coefficient (Wildman–Crippen LogP) is 0.722. The Morgan fingerprint density at radius 2 is 2.58 bits per heavy atom. The van der Waals surface area contributed by atoms with Crippen molar-refractivity contribution in [3.8, 4) is 0 Å². The highest BCUT2D eigenvalue weighted by Crippen LogP contribution is 2.27. The van der Waals surface area contributed by atoms with Gasteiger partial charge < -0.3 is 5.11 Å². The Morgan fingerprint density at radius 1 is 1.83 bits per heavy atom. The lowest BCUT2D eigenvalue weighted by atomic mass is 9.99. The molecule has 0 aromatic rings. The van der Waals surface area contributed by atoms with Gasteiger partial charge in [-0.3, -0.25) is 10.1 Å². The van der Waals surface area contributed by atoms with E-state index in [0.29, 0.717) is 18.7 Å². The molecule has 1 aliphatic rings. The van der Waals surface area contributed by atoms with Gasteiger partial charge in [0.2, 0.25) is 0 Å². The number of carbonyl (C=O) groups is 1. The molecule has 68 valence electrons. The van der Waals surface area contributed by atoms with Crippen molar-refractivity contribution in [1.82, 2.24) is 5.32 Å². The van der Waals surface area contributed by atoms with Crippen molar-refractivity contribution in [2.24, 2.45) is 0 Å². The summed E-state index contributed by atoms with van der Waals surface area (Å²) in [6.07, 6.45) is 2.40. The van der Waals surface area contributed by atoms with Crippen molar-refractivity contribution in [1.29, 1.82) is 0 Å². The summed E-state index contributed by atoms with van der Waals surface area (Å²) in [5.74, 6) is 0.849. The fourth-order valence-electron chi connectivity index (χ4n) is 1.22. The van der Waals surface area contributed by atoms with Crippen LogP contribution in [0.4, 0.5) is 0 Å². The maximum atomic E-state index is 10.9. The van der Waals surface area contributed by atoms with Crippen molar-refractivity contribution < 1.29 is 9.90 Å². The average Bonchev–Trinajstić information content (AvgIpc) is 2.50. The van der Waals surface area contributed by atoms with Crippen molar-refractivity contribution in [3.63, 3.8) is 0 Å². The molecule has 1 fully saturated rings. The summed E-state index contributed by atoms with van der Waals surface area (Å²) in [4.78, 5) is 10.9. The molecule has 3 nitrogen and oxygen atoms in total. The zero-order chi connectivity index (χ0) is 9.03. The van der Waals surface area contributed by atoms with Gasteiger partial charge in [0, 0.05) is 12.3 Å². The quantitative estimate of drug-likeness (QED) is 0.637. The van der Waals surface area contributed by atoms with E-state index < -0.39 is 11.5 Å². The first-order valence-electron chi connectivity index (χ1n) is 3.88. The molecule has 1 saturated heterocycles. The Labute approximate surface area is 76.2 Å². The molecule has 1 unspecified atom stereocenters. The molecule has 0 saturated carbocycles. The third kappa shape index (κ3) is 1.81. The van der Waals surface area contributed by atoms with Crippen LogP contribution < -0.4 is 5.32 Å². The molecular weight excluding hydrogens is 174 g/mol. The highest BCUT2D eigenvalue weighted by atomic mass is 32.2. The third-order valence-electron chi connectivity index (χ3n) is 2.02. The van der Waals surface area contributed by atoms with E-state index in [1.807, 2.05) is 0 Å². The molecule has 4 heteroatoms. The third-order valence-corrected chi connectivity index (χ3v) is 3.21. The summed E-state index contributed by atoms with van der Waals surface area (Å²) >= 11 is 1.68. The molecule has 0 bridgehead atoms. The first-order chi connectivity index (χ1) is 5.71. The summed E-state index contributed by atoms with van der Waals surface area (Å²) in [6, 6.07) is 0.